The molecular weight excluding hydrogens is 216 g/mol. The van der Waals surface area contributed by atoms with Crippen molar-refractivity contribution in [2.24, 2.45) is 0 Å². The van der Waals surface area contributed by atoms with Gasteiger partial charge >= 0.3 is 5.97 Å². The molecule has 0 amide bonds. The highest BCUT2D eigenvalue weighted by Gasteiger charge is 2.08. The number of nitrogens with one attached hydrogen (secondary N) is 1. The molecule has 0 aliphatic rings. The Labute approximate surface area is 101 Å². The summed E-state index contributed by atoms with van der Waals surface area (Å²) in [4.78, 5) is 11.3. The second-order valence-electron chi connectivity index (χ2n) is 3.63. The molecule has 0 unspecified atom stereocenters. The van der Waals surface area contributed by atoms with Gasteiger partial charge in [0.25, 0.3) is 0 Å². The van der Waals surface area contributed by atoms with E-state index in [1.807, 2.05) is 19.2 Å². The summed E-state index contributed by atoms with van der Waals surface area (Å²) in [6.07, 6.45) is 4.99. The van der Waals surface area contributed by atoms with Crippen molar-refractivity contribution in [1.29, 1.82) is 0 Å². The summed E-state index contributed by atoms with van der Waals surface area (Å²) in [5.74, 6) is -0.409. The van der Waals surface area contributed by atoms with Crippen LogP contribution in [-0.2, 0) is 4.74 Å². The lowest BCUT2D eigenvalue weighted by Gasteiger charge is -2.04. The Morgan fingerprint density at radius 3 is 2.88 bits per heavy atom. The van der Waals surface area contributed by atoms with Crippen LogP contribution in [0.1, 0.15) is 22.3 Å². The Kier molecular flexibility index (Phi) is 5.23. The van der Waals surface area contributed by atoms with E-state index in [-0.39, 0.29) is 0 Å². The summed E-state index contributed by atoms with van der Waals surface area (Å²) in [7, 11) is 3.25. The van der Waals surface area contributed by atoms with Crippen LogP contribution in [-0.4, -0.2) is 26.7 Å². The molecule has 0 saturated heterocycles. The molecule has 0 fully saturated rings. The summed E-state index contributed by atoms with van der Waals surface area (Å²) in [6.45, 7) is 0.937. The number of anilines is 1. The maximum Gasteiger partial charge on any atom is 0.339 e. The molecule has 0 spiro atoms. The zero-order valence-corrected chi connectivity index (χ0v) is 10.2. The number of rotatable bonds is 5. The normalized spacial score (nSPS) is 10.7. The number of methoxy groups -OCH3 is 1. The predicted molar refractivity (Wildman–Crippen MR) is 69.8 cm³/mol. The molecule has 0 heterocycles. The molecular formula is C13H18N2O2. The second kappa shape index (κ2) is 6.70. The number of esters is 1. The molecule has 0 aliphatic heterocycles. The summed E-state index contributed by atoms with van der Waals surface area (Å²) < 4.78 is 4.62. The number of carbonyl (C=O) groups is 1. The third-order valence-electron chi connectivity index (χ3n) is 2.35. The first-order valence-electron chi connectivity index (χ1n) is 5.48. The maximum atomic E-state index is 11.3. The molecule has 0 aromatic heterocycles. The van der Waals surface area contributed by atoms with Crippen LogP contribution in [0.5, 0.6) is 0 Å². The molecule has 1 rings (SSSR count). The quantitative estimate of drug-likeness (QED) is 0.462. The topological polar surface area (TPSA) is 64.3 Å². The fourth-order valence-electron chi connectivity index (χ4n) is 1.43. The maximum absolute atomic E-state index is 11.3. The molecule has 0 atom stereocenters. The lowest BCUT2D eigenvalue weighted by atomic mass is 10.1. The number of nitrogens with two attached hydrogens (primary N) is 1. The Bertz CT molecular complexity index is 414. The molecule has 92 valence electrons. The third kappa shape index (κ3) is 3.92. The van der Waals surface area contributed by atoms with Crippen LogP contribution in [0.15, 0.2) is 24.3 Å². The first-order chi connectivity index (χ1) is 8.19. The van der Waals surface area contributed by atoms with Gasteiger partial charge in [-0.15, -0.1) is 0 Å². The largest absolute Gasteiger partial charge is 0.465 e. The Balaban J connectivity index is 2.75. The van der Waals surface area contributed by atoms with Crippen LogP contribution in [0.4, 0.5) is 5.69 Å². The van der Waals surface area contributed by atoms with Crippen LogP contribution in [0.2, 0.25) is 0 Å². The van der Waals surface area contributed by atoms with Gasteiger partial charge in [0.05, 0.1) is 12.7 Å². The number of hydrogen-bond donors (Lipinski definition) is 2. The summed E-state index contributed by atoms with van der Waals surface area (Å²) in [5.41, 5.74) is 7.60. The van der Waals surface area contributed by atoms with Crippen LogP contribution in [0.3, 0.4) is 0 Å². The SMILES string of the molecule is CNCCC=Cc1ccc(C(=O)OC)c(N)c1. The van der Waals surface area contributed by atoms with Crippen LogP contribution >= 0.6 is 0 Å². The average molecular weight is 234 g/mol. The molecule has 3 N–H and O–H groups in total. The van der Waals surface area contributed by atoms with Crippen molar-refractivity contribution in [3.8, 4) is 0 Å². The van der Waals surface area contributed by atoms with Gasteiger partial charge in [0, 0.05) is 5.69 Å². The highest BCUT2D eigenvalue weighted by molar-refractivity contribution is 5.95. The van der Waals surface area contributed by atoms with E-state index in [9.17, 15) is 4.79 Å². The lowest BCUT2D eigenvalue weighted by molar-refractivity contribution is 0.0602. The predicted octanol–water partition coefficient (Wildman–Crippen LogP) is 1.68. The minimum Gasteiger partial charge on any atom is -0.465 e. The van der Waals surface area contributed by atoms with E-state index in [1.54, 1.807) is 12.1 Å². The average Bonchev–Trinajstić information content (AvgIpc) is 2.34. The fraction of sp³-hybridized carbons (Fsp3) is 0.308. The van der Waals surface area contributed by atoms with E-state index in [1.165, 1.54) is 7.11 Å². The van der Waals surface area contributed by atoms with Crippen molar-refractivity contribution < 1.29 is 9.53 Å². The number of nitrogen functional groups attached to an aromatic ring is 1. The Morgan fingerprint density at radius 2 is 2.29 bits per heavy atom. The zero-order valence-electron chi connectivity index (χ0n) is 10.2. The molecule has 0 bridgehead atoms. The molecule has 0 saturated carbocycles. The number of ether oxygens (including phenoxy) is 1. The second-order valence-corrected chi connectivity index (χ2v) is 3.63. The third-order valence-corrected chi connectivity index (χ3v) is 2.35. The smallest absolute Gasteiger partial charge is 0.339 e. The minimum absolute atomic E-state index is 0.403. The van der Waals surface area contributed by atoms with Crippen molar-refractivity contribution in [2.75, 3.05) is 26.4 Å². The summed E-state index contributed by atoms with van der Waals surface area (Å²) in [6, 6.07) is 5.29. The lowest BCUT2D eigenvalue weighted by Crippen LogP contribution is -2.06. The van der Waals surface area contributed by atoms with Crippen molar-refractivity contribution >= 4 is 17.7 Å². The van der Waals surface area contributed by atoms with Crippen LogP contribution in [0, 0.1) is 0 Å². The van der Waals surface area contributed by atoms with Gasteiger partial charge in [-0.25, -0.2) is 4.79 Å². The highest BCUT2D eigenvalue weighted by Crippen LogP contribution is 2.16. The van der Waals surface area contributed by atoms with Gasteiger partial charge < -0.3 is 15.8 Å². The van der Waals surface area contributed by atoms with E-state index in [2.05, 4.69) is 16.1 Å². The highest BCUT2D eigenvalue weighted by atomic mass is 16.5. The number of benzene rings is 1. The molecule has 1 aromatic carbocycles. The Hall–Kier alpha value is -1.81. The van der Waals surface area contributed by atoms with Crippen molar-refractivity contribution in [3.05, 3.63) is 35.4 Å². The zero-order chi connectivity index (χ0) is 12.7. The van der Waals surface area contributed by atoms with Gasteiger partial charge in [0.15, 0.2) is 0 Å². The van der Waals surface area contributed by atoms with E-state index >= 15 is 0 Å². The standard InChI is InChI=1S/C13H18N2O2/c1-15-8-4-3-5-10-6-7-11(12(14)9-10)13(16)17-2/h3,5-7,9,15H,4,8,14H2,1-2H3. The van der Waals surface area contributed by atoms with Crippen LogP contribution in [0.25, 0.3) is 6.08 Å². The molecule has 4 heteroatoms. The molecule has 17 heavy (non-hydrogen) atoms. The molecule has 0 radical (unpaired) electrons. The Morgan fingerprint density at radius 1 is 1.53 bits per heavy atom. The minimum atomic E-state index is -0.409. The van der Waals surface area contributed by atoms with Gasteiger partial charge in [-0.2, -0.15) is 0 Å². The van der Waals surface area contributed by atoms with Crippen molar-refractivity contribution in [3.63, 3.8) is 0 Å². The molecule has 1 aromatic rings. The van der Waals surface area contributed by atoms with Crippen LogP contribution < -0.4 is 11.1 Å². The van der Waals surface area contributed by atoms with E-state index in [0.717, 1.165) is 18.5 Å². The van der Waals surface area contributed by atoms with E-state index in [4.69, 9.17) is 5.73 Å². The van der Waals surface area contributed by atoms with Gasteiger partial charge in [0.1, 0.15) is 0 Å². The monoisotopic (exact) mass is 234 g/mol. The number of carbonyl (C=O) groups excluding carboxylic acids is 1. The van der Waals surface area contributed by atoms with Crippen molar-refractivity contribution in [1.82, 2.24) is 5.32 Å². The van der Waals surface area contributed by atoms with Crippen molar-refractivity contribution in [2.45, 2.75) is 6.42 Å². The van der Waals surface area contributed by atoms with E-state index in [0.29, 0.717) is 11.3 Å². The molecule has 0 aliphatic carbocycles. The number of hydrogen-bond acceptors (Lipinski definition) is 4. The molecule has 4 nitrogen and oxygen atoms in total. The fourth-order valence-corrected chi connectivity index (χ4v) is 1.43. The van der Waals surface area contributed by atoms with E-state index < -0.39 is 5.97 Å². The first kappa shape index (κ1) is 13.3. The van der Waals surface area contributed by atoms with Gasteiger partial charge in [-0.1, -0.05) is 18.2 Å². The van der Waals surface area contributed by atoms with Gasteiger partial charge in [-0.05, 0) is 37.7 Å². The first-order valence-corrected chi connectivity index (χ1v) is 5.48. The summed E-state index contributed by atoms with van der Waals surface area (Å²) >= 11 is 0. The summed E-state index contributed by atoms with van der Waals surface area (Å²) in [5, 5.41) is 3.06. The van der Waals surface area contributed by atoms with Gasteiger partial charge in [-0.3, -0.25) is 0 Å². The van der Waals surface area contributed by atoms with Gasteiger partial charge in [0.2, 0.25) is 0 Å².